The van der Waals surface area contributed by atoms with Crippen molar-refractivity contribution in [3.63, 3.8) is 0 Å². The number of carbonyl (C=O) groups excluding carboxylic acids is 3. The molecule has 6 heteroatoms. The van der Waals surface area contributed by atoms with Gasteiger partial charge in [0.15, 0.2) is 11.7 Å². The predicted octanol–water partition coefficient (Wildman–Crippen LogP) is 2.25. The Kier molecular flexibility index (Phi) is 4.96. The largest absolute Gasteiger partial charge is 0.497 e. The Morgan fingerprint density at radius 3 is 2.25 bits per heavy atom. The van der Waals surface area contributed by atoms with Gasteiger partial charge in [-0.1, -0.05) is 6.92 Å². The van der Waals surface area contributed by atoms with Crippen LogP contribution in [0.5, 0.6) is 5.75 Å². The van der Waals surface area contributed by atoms with Crippen molar-refractivity contribution in [3.05, 3.63) is 29.8 Å². The maximum atomic E-state index is 12.8. The molecule has 1 aliphatic heterocycles. The van der Waals surface area contributed by atoms with Crippen molar-refractivity contribution in [1.29, 1.82) is 0 Å². The van der Waals surface area contributed by atoms with Crippen molar-refractivity contribution < 1.29 is 28.6 Å². The number of cyclic esters (lactones) is 1. The van der Waals surface area contributed by atoms with Crippen LogP contribution in [0, 0.1) is 17.8 Å². The van der Waals surface area contributed by atoms with E-state index in [-0.39, 0.29) is 5.78 Å². The summed E-state index contributed by atoms with van der Waals surface area (Å²) in [5, 5.41) is 0. The maximum absolute atomic E-state index is 12.8. The lowest BCUT2D eigenvalue weighted by Gasteiger charge is -2.30. The van der Waals surface area contributed by atoms with Gasteiger partial charge < -0.3 is 14.2 Å². The molecule has 1 aliphatic rings. The first kappa shape index (κ1) is 18.0. The van der Waals surface area contributed by atoms with Crippen molar-refractivity contribution in [1.82, 2.24) is 0 Å². The molecule has 1 saturated heterocycles. The summed E-state index contributed by atoms with van der Waals surface area (Å²) < 4.78 is 15.1. The van der Waals surface area contributed by atoms with Gasteiger partial charge in [-0.15, -0.1) is 0 Å². The average Bonchev–Trinajstić information content (AvgIpc) is 2.81. The summed E-state index contributed by atoms with van der Waals surface area (Å²) in [6.45, 7) is 5.11. The Morgan fingerprint density at radius 2 is 1.75 bits per heavy atom. The predicted molar refractivity (Wildman–Crippen MR) is 85.7 cm³/mol. The minimum absolute atomic E-state index is 0.164. The van der Waals surface area contributed by atoms with E-state index in [4.69, 9.17) is 14.2 Å². The minimum atomic E-state index is -1.10. The van der Waals surface area contributed by atoms with Crippen molar-refractivity contribution in [2.24, 2.45) is 17.8 Å². The van der Waals surface area contributed by atoms with Crippen LogP contribution in [0.1, 0.15) is 31.1 Å². The third kappa shape index (κ3) is 3.13. The second-order valence-corrected chi connectivity index (χ2v) is 6.43. The van der Waals surface area contributed by atoms with Crippen LogP contribution in [0.4, 0.5) is 0 Å². The first-order valence-corrected chi connectivity index (χ1v) is 7.72. The van der Waals surface area contributed by atoms with E-state index in [1.165, 1.54) is 7.11 Å². The van der Waals surface area contributed by atoms with Gasteiger partial charge in [-0.05, 0) is 38.1 Å². The van der Waals surface area contributed by atoms with Gasteiger partial charge in [-0.3, -0.25) is 14.4 Å². The van der Waals surface area contributed by atoms with E-state index in [2.05, 4.69) is 0 Å². The normalized spacial score (nSPS) is 23.3. The zero-order valence-corrected chi connectivity index (χ0v) is 14.5. The molecule has 0 aromatic heterocycles. The molecule has 24 heavy (non-hydrogen) atoms. The summed E-state index contributed by atoms with van der Waals surface area (Å²) in [7, 11) is 2.76. The van der Waals surface area contributed by atoms with Crippen LogP contribution >= 0.6 is 0 Å². The highest BCUT2D eigenvalue weighted by Crippen LogP contribution is 2.43. The van der Waals surface area contributed by atoms with Gasteiger partial charge in [0.25, 0.3) is 0 Å². The lowest BCUT2D eigenvalue weighted by atomic mass is 9.72. The topological polar surface area (TPSA) is 78.9 Å². The molecular weight excluding hydrogens is 312 g/mol. The third-order valence-corrected chi connectivity index (χ3v) is 4.56. The number of carbonyl (C=O) groups is 3. The van der Waals surface area contributed by atoms with Crippen LogP contribution < -0.4 is 4.74 Å². The molecule has 0 spiro atoms. The summed E-state index contributed by atoms with van der Waals surface area (Å²) in [6.07, 6.45) is 0. The molecule has 1 aromatic rings. The van der Waals surface area contributed by atoms with E-state index in [0.29, 0.717) is 11.3 Å². The Bertz CT molecular complexity index is 646. The molecule has 0 amide bonds. The summed E-state index contributed by atoms with van der Waals surface area (Å²) >= 11 is 0. The van der Waals surface area contributed by atoms with Crippen LogP contribution in [0.2, 0.25) is 0 Å². The first-order chi connectivity index (χ1) is 11.2. The van der Waals surface area contributed by atoms with Gasteiger partial charge in [0, 0.05) is 17.4 Å². The van der Waals surface area contributed by atoms with Gasteiger partial charge in [-0.25, -0.2) is 0 Å². The van der Waals surface area contributed by atoms with Gasteiger partial charge >= 0.3 is 11.9 Å². The van der Waals surface area contributed by atoms with Crippen molar-refractivity contribution in [2.75, 3.05) is 14.2 Å². The van der Waals surface area contributed by atoms with Crippen LogP contribution in [0.3, 0.4) is 0 Å². The van der Waals surface area contributed by atoms with Crippen LogP contribution in [0.25, 0.3) is 0 Å². The number of benzene rings is 1. The number of esters is 2. The molecule has 1 fully saturated rings. The number of Topliss-reactive ketones (excluding diaryl/α,β-unsaturated/α-hetero) is 1. The Hall–Kier alpha value is -2.37. The van der Waals surface area contributed by atoms with E-state index in [9.17, 15) is 14.4 Å². The van der Waals surface area contributed by atoms with Crippen LogP contribution in [-0.2, 0) is 19.1 Å². The fourth-order valence-corrected chi connectivity index (χ4v) is 3.38. The van der Waals surface area contributed by atoms with Crippen LogP contribution in [-0.4, -0.2) is 37.5 Å². The zero-order valence-electron chi connectivity index (χ0n) is 14.5. The highest BCUT2D eigenvalue weighted by Gasteiger charge is 2.57. The average molecular weight is 334 g/mol. The number of rotatable bonds is 5. The Balaban J connectivity index is 2.33. The van der Waals surface area contributed by atoms with Crippen molar-refractivity contribution >= 4 is 17.7 Å². The standard InChI is InChI=1S/C18H22O6/c1-10(15(19)11-6-8-12(22-4)9-7-11)14-13(16(20)23-5)17(21)24-18(14,2)3/h6-10,13-14H,1-5H3/t10-,13-,14+/m1/s1. The van der Waals surface area contributed by atoms with Gasteiger partial charge in [0.2, 0.25) is 0 Å². The van der Waals surface area contributed by atoms with E-state index in [1.54, 1.807) is 52.1 Å². The second-order valence-electron chi connectivity index (χ2n) is 6.43. The molecule has 0 saturated carbocycles. The van der Waals surface area contributed by atoms with Gasteiger partial charge in [0.1, 0.15) is 11.4 Å². The van der Waals surface area contributed by atoms with E-state index in [0.717, 1.165) is 0 Å². The molecule has 6 nitrogen and oxygen atoms in total. The molecule has 1 heterocycles. The molecule has 2 rings (SSSR count). The summed E-state index contributed by atoms with van der Waals surface area (Å²) in [6, 6.07) is 6.71. The smallest absolute Gasteiger partial charge is 0.321 e. The SMILES string of the molecule is COC(=O)[C@@H]1C(=O)OC(C)(C)[C@H]1[C@@H](C)C(=O)c1ccc(OC)cc1. The van der Waals surface area contributed by atoms with Crippen LogP contribution in [0.15, 0.2) is 24.3 Å². The quantitative estimate of drug-likeness (QED) is 0.467. The molecule has 0 N–H and O–H groups in total. The lowest BCUT2D eigenvalue weighted by molar-refractivity contribution is -0.156. The third-order valence-electron chi connectivity index (χ3n) is 4.56. The van der Waals surface area contributed by atoms with Crippen molar-refractivity contribution in [2.45, 2.75) is 26.4 Å². The maximum Gasteiger partial charge on any atom is 0.321 e. The number of ketones is 1. The monoisotopic (exact) mass is 334 g/mol. The van der Waals surface area contributed by atoms with E-state index < -0.39 is 35.3 Å². The highest BCUT2D eigenvalue weighted by molar-refractivity contribution is 6.01. The lowest BCUT2D eigenvalue weighted by Crippen LogP contribution is -2.41. The summed E-state index contributed by atoms with van der Waals surface area (Å²) in [5.41, 5.74) is -0.445. The highest BCUT2D eigenvalue weighted by atomic mass is 16.6. The molecule has 3 atom stereocenters. The van der Waals surface area contributed by atoms with E-state index in [1.807, 2.05) is 0 Å². The Labute approximate surface area is 141 Å². The van der Waals surface area contributed by atoms with Crippen molar-refractivity contribution in [3.8, 4) is 5.75 Å². The molecular formula is C18H22O6. The molecule has 130 valence electrons. The number of hydrogen-bond acceptors (Lipinski definition) is 6. The summed E-state index contributed by atoms with van der Waals surface area (Å²) in [5.74, 6) is -3.14. The molecule has 0 unspecified atom stereocenters. The molecule has 0 bridgehead atoms. The van der Waals surface area contributed by atoms with Gasteiger partial charge in [-0.2, -0.15) is 0 Å². The minimum Gasteiger partial charge on any atom is -0.497 e. The fourth-order valence-electron chi connectivity index (χ4n) is 3.38. The van der Waals surface area contributed by atoms with Gasteiger partial charge in [0.05, 0.1) is 14.2 Å². The number of methoxy groups -OCH3 is 2. The number of hydrogen-bond donors (Lipinski definition) is 0. The first-order valence-electron chi connectivity index (χ1n) is 7.72. The Morgan fingerprint density at radius 1 is 1.17 bits per heavy atom. The number of ether oxygens (including phenoxy) is 3. The molecule has 0 radical (unpaired) electrons. The zero-order chi connectivity index (χ0) is 18.1. The fraction of sp³-hybridized carbons (Fsp3) is 0.500. The molecule has 1 aromatic carbocycles. The molecule has 0 aliphatic carbocycles. The summed E-state index contributed by atoms with van der Waals surface area (Å²) in [4.78, 5) is 36.9. The second kappa shape index (κ2) is 6.63. The van der Waals surface area contributed by atoms with E-state index >= 15 is 0 Å².